The first kappa shape index (κ1) is 34.9. The highest BCUT2D eigenvalue weighted by atomic mass is 32.2. The van der Waals surface area contributed by atoms with Gasteiger partial charge in [0.25, 0.3) is 21.8 Å². The molecule has 0 aliphatic carbocycles. The van der Waals surface area contributed by atoms with Crippen molar-refractivity contribution in [2.24, 2.45) is 5.73 Å². The van der Waals surface area contributed by atoms with Crippen LogP contribution in [0.1, 0.15) is 32.6 Å². The van der Waals surface area contributed by atoms with Crippen LogP contribution >= 0.6 is 0 Å². The van der Waals surface area contributed by atoms with Crippen LogP contribution in [0.2, 0.25) is 0 Å². The molecule has 0 unspecified atom stereocenters. The van der Waals surface area contributed by atoms with E-state index in [1.165, 1.54) is 36.2 Å². The smallest absolute Gasteiger partial charge is 0.267 e. The Morgan fingerprint density at radius 1 is 0.804 bits per heavy atom. The van der Waals surface area contributed by atoms with Crippen molar-refractivity contribution in [3.05, 3.63) is 150 Å². The normalized spacial score (nSPS) is 12.7. The lowest BCUT2D eigenvalue weighted by atomic mass is 9.98. The molecule has 0 radical (unpaired) electrons. The zero-order valence-electron chi connectivity index (χ0n) is 28.4. The Kier molecular flexibility index (Phi) is 9.92. The summed E-state index contributed by atoms with van der Waals surface area (Å²) in [6, 6.07) is 26.3. The minimum Gasteiger partial charge on any atom is -0.472 e. The molecule has 0 saturated carbocycles. The van der Waals surface area contributed by atoms with Gasteiger partial charge in [0, 0.05) is 48.1 Å². The SMILES string of the molecule is Cc1cc(C)cc(C(=O)N(C)[C@H](Cc2ccc(-c3ccoc3)cc2)C(=O)N([C@@H](Cc2c[nH]c3ccccc23)C(N)=O)S(=O)(=O)c2ccccc2)c1. The number of nitrogens with one attached hydrogen (secondary N) is 1. The van der Waals surface area contributed by atoms with Gasteiger partial charge in [0.05, 0.1) is 17.4 Å². The van der Waals surface area contributed by atoms with Gasteiger partial charge in [-0.2, -0.15) is 0 Å². The second kappa shape index (κ2) is 14.5. The van der Waals surface area contributed by atoms with E-state index >= 15 is 4.79 Å². The van der Waals surface area contributed by atoms with Crippen LogP contribution in [0.25, 0.3) is 22.0 Å². The van der Waals surface area contributed by atoms with E-state index in [2.05, 4.69) is 4.98 Å². The Labute approximate surface area is 296 Å². The molecule has 260 valence electrons. The largest absolute Gasteiger partial charge is 0.472 e. The zero-order chi connectivity index (χ0) is 36.3. The van der Waals surface area contributed by atoms with Gasteiger partial charge in [0.1, 0.15) is 12.1 Å². The van der Waals surface area contributed by atoms with Gasteiger partial charge < -0.3 is 20.0 Å². The van der Waals surface area contributed by atoms with Crippen LogP contribution in [-0.4, -0.2) is 59.5 Å². The molecular formula is C40H38N4O6S. The minimum absolute atomic E-state index is 0.0586. The Hall–Kier alpha value is -5.94. The fraction of sp³-hybridized carbons (Fsp3) is 0.175. The molecule has 6 rings (SSSR count). The molecule has 2 atom stereocenters. The molecule has 2 aromatic heterocycles. The van der Waals surface area contributed by atoms with Crippen LogP contribution in [0.15, 0.2) is 131 Å². The Morgan fingerprint density at radius 3 is 2.12 bits per heavy atom. The second-order valence-corrected chi connectivity index (χ2v) is 14.5. The van der Waals surface area contributed by atoms with Crippen molar-refractivity contribution in [3.63, 3.8) is 0 Å². The molecule has 0 spiro atoms. The first-order valence-corrected chi connectivity index (χ1v) is 17.8. The van der Waals surface area contributed by atoms with Gasteiger partial charge in [-0.15, -0.1) is 0 Å². The van der Waals surface area contributed by atoms with E-state index in [9.17, 15) is 18.0 Å². The highest BCUT2D eigenvalue weighted by Gasteiger charge is 2.44. The number of carbonyl (C=O) groups is 3. The van der Waals surface area contributed by atoms with E-state index in [-0.39, 0.29) is 17.7 Å². The molecular weight excluding hydrogens is 665 g/mol. The molecule has 3 N–H and O–H groups in total. The fourth-order valence-corrected chi connectivity index (χ4v) is 8.02. The average molecular weight is 703 g/mol. The van der Waals surface area contributed by atoms with Crippen molar-refractivity contribution in [1.82, 2.24) is 14.2 Å². The summed E-state index contributed by atoms with van der Waals surface area (Å²) in [5.74, 6) is -2.47. The predicted molar refractivity (Wildman–Crippen MR) is 195 cm³/mol. The molecule has 0 aliphatic heterocycles. The van der Waals surface area contributed by atoms with Crippen molar-refractivity contribution >= 4 is 38.6 Å². The van der Waals surface area contributed by atoms with Crippen molar-refractivity contribution in [2.45, 2.75) is 43.7 Å². The number of sulfonamides is 1. The van der Waals surface area contributed by atoms with Crippen LogP contribution in [0.4, 0.5) is 0 Å². The maximum Gasteiger partial charge on any atom is 0.267 e. The summed E-state index contributed by atoms with van der Waals surface area (Å²) in [6.07, 6.45) is 4.60. The molecule has 6 aromatic rings. The van der Waals surface area contributed by atoms with Gasteiger partial charge in [-0.05, 0) is 66.9 Å². The molecule has 4 aromatic carbocycles. The lowest BCUT2D eigenvalue weighted by molar-refractivity contribution is -0.137. The number of aromatic amines is 1. The van der Waals surface area contributed by atoms with E-state index in [0.717, 1.165) is 33.2 Å². The summed E-state index contributed by atoms with van der Waals surface area (Å²) in [6.45, 7) is 3.73. The highest BCUT2D eigenvalue weighted by molar-refractivity contribution is 7.89. The number of fused-ring (bicyclic) bond motifs is 1. The number of carbonyl (C=O) groups excluding carboxylic acids is 3. The van der Waals surface area contributed by atoms with Crippen molar-refractivity contribution < 1.29 is 27.2 Å². The summed E-state index contributed by atoms with van der Waals surface area (Å²) in [4.78, 5) is 46.8. The van der Waals surface area contributed by atoms with Crippen LogP contribution < -0.4 is 5.73 Å². The maximum atomic E-state index is 15.1. The number of H-pyrrole nitrogens is 1. The number of amides is 3. The number of rotatable bonds is 12. The molecule has 11 heteroatoms. The first-order valence-electron chi connectivity index (χ1n) is 16.4. The third-order valence-electron chi connectivity index (χ3n) is 9.00. The van der Waals surface area contributed by atoms with E-state index in [0.29, 0.717) is 21.0 Å². The third-order valence-corrected chi connectivity index (χ3v) is 10.8. The lowest BCUT2D eigenvalue weighted by Crippen LogP contribution is -2.58. The lowest BCUT2D eigenvalue weighted by Gasteiger charge is -2.35. The van der Waals surface area contributed by atoms with Crippen LogP contribution in [0.3, 0.4) is 0 Å². The number of furan rings is 1. The Balaban J connectivity index is 1.47. The van der Waals surface area contributed by atoms with Crippen molar-refractivity contribution in [1.29, 1.82) is 0 Å². The number of benzene rings is 4. The van der Waals surface area contributed by atoms with Crippen LogP contribution in [0, 0.1) is 13.8 Å². The molecule has 0 aliphatic rings. The second-order valence-electron chi connectivity index (χ2n) is 12.7. The quantitative estimate of drug-likeness (QED) is 0.159. The maximum absolute atomic E-state index is 15.1. The number of likely N-dealkylation sites (N-methyl/N-ethyl adjacent to an activating group) is 1. The van der Waals surface area contributed by atoms with Crippen LogP contribution in [-0.2, 0) is 32.5 Å². The number of hydrogen-bond donors (Lipinski definition) is 2. The molecule has 0 fully saturated rings. The highest BCUT2D eigenvalue weighted by Crippen LogP contribution is 2.28. The molecule has 0 bridgehead atoms. The third kappa shape index (κ3) is 7.34. The number of hydrogen-bond acceptors (Lipinski definition) is 6. The van der Waals surface area contributed by atoms with Gasteiger partial charge in [-0.3, -0.25) is 14.4 Å². The molecule has 10 nitrogen and oxygen atoms in total. The van der Waals surface area contributed by atoms with Crippen molar-refractivity contribution in [3.8, 4) is 11.1 Å². The summed E-state index contributed by atoms with van der Waals surface area (Å²) in [7, 11) is -3.22. The van der Waals surface area contributed by atoms with Gasteiger partial charge in [0.2, 0.25) is 5.91 Å². The number of aromatic nitrogens is 1. The number of nitrogens with zero attached hydrogens (tertiary/aromatic N) is 2. The molecule has 3 amide bonds. The standard InChI is InChI=1S/C40H38N4O6S/c1-26-19-27(2)21-31(20-26)39(46)43(3)37(22-28-13-15-29(16-14-28)30-17-18-50-25-30)40(47)44(51(48,49)33-9-5-4-6-10-33)36(38(41)45)23-32-24-42-35-12-8-7-11-34(32)35/h4-21,24-25,36-37,42H,22-23H2,1-3H3,(H2,41,45)/t36-,37+/m0/s1. The number of nitrogens with two attached hydrogens (primary N) is 1. The molecule has 2 heterocycles. The Bertz CT molecular complexity index is 2280. The number of para-hydroxylation sites is 1. The summed E-state index contributed by atoms with van der Waals surface area (Å²) in [5.41, 5.74) is 11.8. The van der Waals surface area contributed by atoms with Gasteiger partial charge in [-0.1, -0.05) is 77.9 Å². The van der Waals surface area contributed by atoms with Crippen LogP contribution in [0.5, 0.6) is 0 Å². The molecule has 0 saturated heterocycles. The van der Waals surface area contributed by atoms with E-state index < -0.39 is 39.8 Å². The summed E-state index contributed by atoms with van der Waals surface area (Å²) >= 11 is 0. The summed E-state index contributed by atoms with van der Waals surface area (Å²) in [5, 5.41) is 0.754. The topological polar surface area (TPSA) is 147 Å². The average Bonchev–Trinajstić information content (AvgIpc) is 3.81. The number of aryl methyl sites for hydroxylation is 2. The van der Waals surface area contributed by atoms with Gasteiger partial charge in [0.15, 0.2) is 0 Å². The Morgan fingerprint density at radius 2 is 1.47 bits per heavy atom. The predicted octanol–water partition coefficient (Wildman–Crippen LogP) is 6.04. The minimum atomic E-state index is -4.69. The first-order chi connectivity index (χ1) is 24.4. The van der Waals surface area contributed by atoms with Crippen molar-refractivity contribution in [2.75, 3.05) is 7.05 Å². The number of primary amides is 1. The van der Waals surface area contributed by atoms with E-state index in [1.807, 2.05) is 74.5 Å². The monoisotopic (exact) mass is 702 g/mol. The summed E-state index contributed by atoms with van der Waals surface area (Å²) < 4.78 is 35.0. The van der Waals surface area contributed by atoms with Gasteiger partial charge >= 0.3 is 0 Å². The van der Waals surface area contributed by atoms with E-state index in [4.69, 9.17) is 10.2 Å². The zero-order valence-corrected chi connectivity index (χ0v) is 29.3. The van der Waals surface area contributed by atoms with E-state index in [1.54, 1.807) is 36.9 Å². The molecule has 51 heavy (non-hydrogen) atoms. The fourth-order valence-electron chi connectivity index (χ4n) is 6.42. The van der Waals surface area contributed by atoms with Gasteiger partial charge in [-0.25, -0.2) is 12.7 Å².